The van der Waals surface area contributed by atoms with E-state index in [1.165, 1.54) is 0 Å². The minimum atomic E-state index is 0.0462. The molecule has 1 atom stereocenters. The average molecular weight is 351 g/mol. The second-order valence-corrected chi connectivity index (χ2v) is 6.52. The molecule has 1 saturated heterocycles. The van der Waals surface area contributed by atoms with Gasteiger partial charge in [0.25, 0.3) is 11.8 Å². The third kappa shape index (κ3) is 3.24. The average Bonchev–Trinajstić information content (AvgIpc) is 3.43. The Balaban J connectivity index is 1.39. The molecule has 26 heavy (non-hydrogen) atoms. The number of hydrogen-bond acceptors (Lipinski definition) is 5. The molecule has 2 aromatic heterocycles. The number of aromatic nitrogens is 4. The van der Waals surface area contributed by atoms with Crippen molar-refractivity contribution >= 4 is 5.91 Å². The molecule has 7 heteroatoms. The van der Waals surface area contributed by atoms with Crippen molar-refractivity contribution in [3.63, 3.8) is 0 Å². The van der Waals surface area contributed by atoms with Crippen molar-refractivity contribution in [2.24, 2.45) is 5.92 Å². The fourth-order valence-corrected chi connectivity index (χ4v) is 3.41. The number of carbonyl (C=O) groups excluding carboxylic acids is 1. The molecule has 0 N–H and O–H groups in total. The van der Waals surface area contributed by atoms with Crippen LogP contribution in [-0.4, -0.2) is 43.8 Å². The Morgan fingerprint density at radius 2 is 2.12 bits per heavy atom. The Bertz CT molecular complexity index is 886. The first-order valence-electron chi connectivity index (χ1n) is 8.93. The number of hydrogen-bond donors (Lipinski definition) is 0. The number of amides is 1. The van der Waals surface area contributed by atoms with Gasteiger partial charge in [-0.05, 0) is 37.5 Å². The van der Waals surface area contributed by atoms with Crippen LogP contribution in [0.5, 0.6) is 0 Å². The van der Waals surface area contributed by atoms with Crippen LogP contribution in [0.15, 0.2) is 47.1 Å². The van der Waals surface area contributed by atoms with E-state index in [2.05, 4.69) is 15.2 Å². The molecular weight excluding hydrogens is 330 g/mol. The first-order chi connectivity index (χ1) is 12.7. The van der Waals surface area contributed by atoms with Crippen LogP contribution in [0.25, 0.3) is 11.5 Å². The zero-order chi connectivity index (χ0) is 17.9. The van der Waals surface area contributed by atoms with Gasteiger partial charge >= 0.3 is 0 Å². The molecule has 1 aliphatic rings. The van der Waals surface area contributed by atoms with Gasteiger partial charge in [0.15, 0.2) is 5.82 Å². The van der Waals surface area contributed by atoms with Gasteiger partial charge in [0.2, 0.25) is 0 Å². The summed E-state index contributed by atoms with van der Waals surface area (Å²) in [7, 11) is 0. The number of nitrogens with zero attached hydrogens (tertiary/aromatic N) is 5. The van der Waals surface area contributed by atoms with E-state index in [0.29, 0.717) is 42.8 Å². The van der Waals surface area contributed by atoms with Crippen molar-refractivity contribution in [1.29, 1.82) is 0 Å². The summed E-state index contributed by atoms with van der Waals surface area (Å²) in [5.74, 6) is 1.63. The van der Waals surface area contributed by atoms with Crippen LogP contribution in [0, 0.1) is 5.92 Å². The summed E-state index contributed by atoms with van der Waals surface area (Å²) in [5.41, 5.74) is 1.57. The molecule has 1 amide bonds. The second kappa shape index (κ2) is 7.11. The monoisotopic (exact) mass is 351 g/mol. The molecule has 0 saturated carbocycles. The lowest BCUT2D eigenvalue weighted by Gasteiger charge is -2.16. The summed E-state index contributed by atoms with van der Waals surface area (Å²) in [4.78, 5) is 19.1. The molecule has 1 unspecified atom stereocenters. The van der Waals surface area contributed by atoms with Crippen LogP contribution in [0.1, 0.15) is 29.7 Å². The quantitative estimate of drug-likeness (QED) is 0.706. The lowest BCUT2D eigenvalue weighted by molar-refractivity contribution is 0.0774. The van der Waals surface area contributed by atoms with Gasteiger partial charge in [0.1, 0.15) is 5.69 Å². The molecule has 1 aliphatic heterocycles. The van der Waals surface area contributed by atoms with Crippen LogP contribution >= 0.6 is 0 Å². The van der Waals surface area contributed by atoms with E-state index in [-0.39, 0.29) is 5.91 Å². The van der Waals surface area contributed by atoms with Crippen molar-refractivity contribution in [2.75, 3.05) is 13.1 Å². The fourth-order valence-electron chi connectivity index (χ4n) is 3.41. The zero-order valence-corrected chi connectivity index (χ0v) is 14.7. The first-order valence-corrected chi connectivity index (χ1v) is 8.93. The van der Waals surface area contributed by atoms with Crippen molar-refractivity contribution in [2.45, 2.75) is 26.3 Å². The molecule has 3 heterocycles. The summed E-state index contributed by atoms with van der Waals surface area (Å²) >= 11 is 0. The van der Waals surface area contributed by atoms with Crippen LogP contribution in [-0.2, 0) is 13.0 Å². The molecule has 4 rings (SSSR count). The molecule has 0 spiro atoms. The first kappa shape index (κ1) is 16.5. The van der Waals surface area contributed by atoms with Crippen molar-refractivity contribution in [1.82, 2.24) is 24.8 Å². The minimum absolute atomic E-state index is 0.0462. The van der Waals surface area contributed by atoms with Gasteiger partial charge in [-0.2, -0.15) is 10.1 Å². The Hall–Kier alpha value is -2.96. The summed E-state index contributed by atoms with van der Waals surface area (Å²) in [5, 5.41) is 8.28. The van der Waals surface area contributed by atoms with Crippen molar-refractivity contribution in [3.8, 4) is 11.5 Å². The van der Waals surface area contributed by atoms with E-state index in [9.17, 15) is 4.79 Å². The molecule has 7 nitrogen and oxygen atoms in total. The lowest BCUT2D eigenvalue weighted by Crippen LogP contribution is -2.30. The molecule has 1 fully saturated rings. The van der Waals surface area contributed by atoms with Gasteiger partial charge in [-0.3, -0.25) is 9.48 Å². The van der Waals surface area contributed by atoms with Crippen LogP contribution in [0.2, 0.25) is 0 Å². The predicted octanol–water partition coefficient (Wildman–Crippen LogP) is 2.66. The van der Waals surface area contributed by atoms with Crippen molar-refractivity contribution < 1.29 is 9.32 Å². The molecule has 3 aromatic rings. The fraction of sp³-hybridized carbons (Fsp3) is 0.368. The maximum Gasteiger partial charge on any atom is 0.272 e. The van der Waals surface area contributed by atoms with Gasteiger partial charge in [-0.15, -0.1) is 0 Å². The summed E-state index contributed by atoms with van der Waals surface area (Å²) in [6, 6.07) is 11.5. The number of likely N-dealkylation sites (tertiary alicyclic amines) is 1. The Morgan fingerprint density at radius 3 is 2.92 bits per heavy atom. The molecule has 0 aliphatic carbocycles. The highest BCUT2D eigenvalue weighted by Crippen LogP contribution is 2.23. The van der Waals surface area contributed by atoms with E-state index < -0.39 is 0 Å². The van der Waals surface area contributed by atoms with Gasteiger partial charge < -0.3 is 9.42 Å². The van der Waals surface area contributed by atoms with E-state index in [1.54, 1.807) is 16.9 Å². The SMILES string of the molecule is CCn1nccc1C(=O)N1CCC(Cc2noc(-c3ccccc3)n2)C1. The standard InChI is InChI=1S/C19H21N5O2/c1-2-24-16(8-10-20-24)19(25)23-11-9-14(13-23)12-17-21-18(26-22-17)15-6-4-3-5-7-15/h3-8,10,14H,2,9,11-13H2,1H3. The van der Waals surface area contributed by atoms with Gasteiger partial charge in [0.05, 0.1) is 0 Å². The molecule has 1 aromatic carbocycles. The number of carbonyl (C=O) groups is 1. The summed E-state index contributed by atoms with van der Waals surface area (Å²) in [6.07, 6.45) is 3.34. The zero-order valence-electron chi connectivity index (χ0n) is 14.7. The van der Waals surface area contributed by atoms with E-state index in [1.807, 2.05) is 42.2 Å². The third-order valence-corrected chi connectivity index (χ3v) is 4.77. The van der Waals surface area contributed by atoms with Crippen LogP contribution < -0.4 is 0 Å². The largest absolute Gasteiger partial charge is 0.337 e. The van der Waals surface area contributed by atoms with Gasteiger partial charge in [-0.25, -0.2) is 0 Å². The van der Waals surface area contributed by atoms with Crippen LogP contribution in [0.4, 0.5) is 0 Å². The maximum absolute atomic E-state index is 12.7. The highest BCUT2D eigenvalue weighted by Gasteiger charge is 2.29. The lowest BCUT2D eigenvalue weighted by atomic mass is 10.1. The van der Waals surface area contributed by atoms with E-state index in [4.69, 9.17) is 4.52 Å². The Labute approximate surface area is 151 Å². The highest BCUT2D eigenvalue weighted by atomic mass is 16.5. The third-order valence-electron chi connectivity index (χ3n) is 4.77. The molecule has 0 bridgehead atoms. The number of benzene rings is 1. The topological polar surface area (TPSA) is 77.0 Å². The highest BCUT2D eigenvalue weighted by molar-refractivity contribution is 5.92. The minimum Gasteiger partial charge on any atom is -0.337 e. The van der Waals surface area contributed by atoms with Crippen molar-refractivity contribution in [3.05, 3.63) is 54.1 Å². The summed E-state index contributed by atoms with van der Waals surface area (Å²) < 4.78 is 7.11. The maximum atomic E-state index is 12.7. The molecular formula is C19H21N5O2. The van der Waals surface area contributed by atoms with E-state index in [0.717, 1.165) is 18.5 Å². The molecule has 0 radical (unpaired) electrons. The second-order valence-electron chi connectivity index (χ2n) is 6.52. The number of aryl methyl sites for hydroxylation is 1. The van der Waals surface area contributed by atoms with Gasteiger partial charge in [-0.1, -0.05) is 23.4 Å². The Morgan fingerprint density at radius 1 is 1.27 bits per heavy atom. The van der Waals surface area contributed by atoms with E-state index >= 15 is 0 Å². The predicted molar refractivity (Wildman–Crippen MR) is 95.3 cm³/mol. The Kier molecular flexibility index (Phi) is 4.51. The van der Waals surface area contributed by atoms with Crippen LogP contribution in [0.3, 0.4) is 0 Å². The summed E-state index contributed by atoms with van der Waals surface area (Å²) in [6.45, 7) is 4.14. The number of rotatable bonds is 5. The normalized spacial score (nSPS) is 17.0. The molecule has 134 valence electrons. The smallest absolute Gasteiger partial charge is 0.272 e. The van der Waals surface area contributed by atoms with Gasteiger partial charge in [0, 0.05) is 37.8 Å².